The molecule has 4 rings (SSSR count). The predicted octanol–water partition coefficient (Wildman–Crippen LogP) is 8.15. The standard InChI is InChI=1S/C26H29F3O/c1-2-3-18-4-6-19(7-5-18)20-8-10-21(11-9-20)22-12-13-24-17-25(30-26(27,28)29)15-14-23(24)16-22/h8-11,14-19H,2-7,12-13H2,1H3. The SMILES string of the molecule is CCCC1CCC(c2ccc(C3=Cc4ccc(OC(F)(F)F)cc4CC3)cc2)CC1. The largest absolute Gasteiger partial charge is 0.573 e. The van der Waals surface area contributed by atoms with Gasteiger partial charge in [-0.2, -0.15) is 0 Å². The summed E-state index contributed by atoms with van der Waals surface area (Å²) in [5.41, 5.74) is 5.77. The lowest BCUT2D eigenvalue weighted by atomic mass is 9.77. The number of allylic oxidation sites excluding steroid dienone is 1. The molecule has 0 saturated heterocycles. The first-order valence-corrected chi connectivity index (χ1v) is 11.1. The highest BCUT2D eigenvalue weighted by Crippen LogP contribution is 2.39. The fraction of sp³-hybridized carbons (Fsp3) is 0.462. The second kappa shape index (κ2) is 8.87. The molecule has 0 unspecified atom stereocenters. The number of rotatable bonds is 5. The molecule has 160 valence electrons. The first kappa shape index (κ1) is 21.0. The van der Waals surface area contributed by atoms with E-state index in [1.165, 1.54) is 67.4 Å². The van der Waals surface area contributed by atoms with Crippen molar-refractivity contribution in [3.8, 4) is 5.75 Å². The summed E-state index contributed by atoms with van der Waals surface area (Å²) >= 11 is 0. The van der Waals surface area contributed by atoms with Crippen molar-refractivity contribution >= 4 is 11.6 Å². The maximum atomic E-state index is 12.4. The Morgan fingerprint density at radius 3 is 2.33 bits per heavy atom. The molecule has 1 saturated carbocycles. The zero-order valence-electron chi connectivity index (χ0n) is 17.5. The van der Waals surface area contributed by atoms with Gasteiger partial charge in [0.25, 0.3) is 0 Å². The maximum absolute atomic E-state index is 12.4. The third-order valence-electron chi connectivity index (χ3n) is 6.64. The monoisotopic (exact) mass is 414 g/mol. The Morgan fingerprint density at radius 1 is 0.933 bits per heavy atom. The molecule has 4 heteroatoms. The topological polar surface area (TPSA) is 9.23 Å². The Hall–Kier alpha value is -2.23. The van der Waals surface area contributed by atoms with Gasteiger partial charge in [-0.25, -0.2) is 0 Å². The predicted molar refractivity (Wildman–Crippen MR) is 115 cm³/mol. The Kier molecular flexibility index (Phi) is 6.21. The Balaban J connectivity index is 1.44. The number of hydrogen-bond acceptors (Lipinski definition) is 1. The zero-order chi connectivity index (χ0) is 21.1. The summed E-state index contributed by atoms with van der Waals surface area (Å²) in [6.45, 7) is 2.28. The van der Waals surface area contributed by atoms with Crippen LogP contribution in [-0.4, -0.2) is 6.36 Å². The molecule has 2 aliphatic carbocycles. The smallest absolute Gasteiger partial charge is 0.406 e. The molecule has 2 aromatic rings. The van der Waals surface area contributed by atoms with E-state index in [0.717, 1.165) is 29.9 Å². The van der Waals surface area contributed by atoms with Gasteiger partial charge in [0.1, 0.15) is 5.75 Å². The average molecular weight is 415 g/mol. The summed E-state index contributed by atoms with van der Waals surface area (Å²) in [7, 11) is 0. The van der Waals surface area contributed by atoms with Gasteiger partial charge in [-0.1, -0.05) is 56.2 Å². The average Bonchev–Trinajstić information content (AvgIpc) is 2.73. The van der Waals surface area contributed by atoms with Crippen molar-refractivity contribution in [1.82, 2.24) is 0 Å². The van der Waals surface area contributed by atoms with Crippen molar-refractivity contribution in [2.75, 3.05) is 0 Å². The molecule has 0 aliphatic heterocycles. The van der Waals surface area contributed by atoms with Crippen molar-refractivity contribution in [2.45, 2.75) is 70.6 Å². The van der Waals surface area contributed by atoms with Gasteiger partial charge < -0.3 is 4.74 Å². The van der Waals surface area contributed by atoms with E-state index in [1.807, 2.05) is 0 Å². The fourth-order valence-electron chi connectivity index (χ4n) is 5.06. The first-order chi connectivity index (χ1) is 14.4. The third kappa shape index (κ3) is 5.08. The molecule has 0 N–H and O–H groups in total. The molecular formula is C26H29F3O. The number of benzene rings is 2. The number of alkyl halides is 3. The normalized spacial score (nSPS) is 21.7. The maximum Gasteiger partial charge on any atom is 0.573 e. The van der Waals surface area contributed by atoms with Crippen molar-refractivity contribution in [2.24, 2.45) is 5.92 Å². The van der Waals surface area contributed by atoms with Gasteiger partial charge in [0.15, 0.2) is 0 Å². The summed E-state index contributed by atoms with van der Waals surface area (Å²) < 4.78 is 41.4. The second-order valence-electron chi connectivity index (χ2n) is 8.71. The van der Waals surface area contributed by atoms with E-state index in [0.29, 0.717) is 5.92 Å². The molecule has 2 aromatic carbocycles. The van der Waals surface area contributed by atoms with Crippen molar-refractivity contribution in [3.63, 3.8) is 0 Å². The van der Waals surface area contributed by atoms with Crippen LogP contribution in [0.15, 0.2) is 42.5 Å². The van der Waals surface area contributed by atoms with Gasteiger partial charge >= 0.3 is 6.36 Å². The highest BCUT2D eigenvalue weighted by atomic mass is 19.4. The van der Waals surface area contributed by atoms with E-state index < -0.39 is 6.36 Å². The summed E-state index contributed by atoms with van der Waals surface area (Å²) in [6, 6.07) is 13.6. The van der Waals surface area contributed by atoms with Crippen molar-refractivity contribution < 1.29 is 17.9 Å². The highest BCUT2D eigenvalue weighted by molar-refractivity contribution is 5.84. The number of hydrogen-bond donors (Lipinski definition) is 0. The van der Waals surface area contributed by atoms with Crippen LogP contribution in [0.1, 0.15) is 80.0 Å². The van der Waals surface area contributed by atoms with Crippen LogP contribution < -0.4 is 4.74 Å². The van der Waals surface area contributed by atoms with Gasteiger partial charge in [0, 0.05) is 0 Å². The van der Waals surface area contributed by atoms with Gasteiger partial charge in [-0.05, 0) is 90.3 Å². The van der Waals surface area contributed by atoms with Crippen LogP contribution in [-0.2, 0) is 6.42 Å². The molecule has 1 fully saturated rings. The molecule has 0 amide bonds. The van der Waals surface area contributed by atoms with Crippen LogP contribution >= 0.6 is 0 Å². The summed E-state index contributed by atoms with van der Waals surface area (Å²) in [4.78, 5) is 0. The van der Waals surface area contributed by atoms with E-state index in [9.17, 15) is 13.2 Å². The highest BCUT2D eigenvalue weighted by Gasteiger charge is 2.31. The van der Waals surface area contributed by atoms with Gasteiger partial charge in [0.2, 0.25) is 0 Å². The van der Waals surface area contributed by atoms with Gasteiger partial charge in [-0.3, -0.25) is 0 Å². The lowest BCUT2D eigenvalue weighted by Gasteiger charge is -2.28. The molecular weight excluding hydrogens is 385 g/mol. The van der Waals surface area contributed by atoms with Crippen LogP contribution in [0.3, 0.4) is 0 Å². The van der Waals surface area contributed by atoms with Gasteiger partial charge in [0.05, 0.1) is 0 Å². The number of ether oxygens (including phenoxy) is 1. The van der Waals surface area contributed by atoms with Crippen molar-refractivity contribution in [3.05, 3.63) is 64.7 Å². The fourth-order valence-corrected chi connectivity index (χ4v) is 5.06. The van der Waals surface area contributed by atoms with E-state index in [2.05, 4.69) is 42.0 Å². The van der Waals surface area contributed by atoms with Crippen LogP contribution in [0.2, 0.25) is 0 Å². The van der Waals surface area contributed by atoms with Crippen LogP contribution in [0, 0.1) is 5.92 Å². The van der Waals surface area contributed by atoms with Crippen LogP contribution in [0.4, 0.5) is 13.2 Å². The summed E-state index contributed by atoms with van der Waals surface area (Å²) in [5.74, 6) is 1.46. The molecule has 30 heavy (non-hydrogen) atoms. The summed E-state index contributed by atoms with van der Waals surface area (Å²) in [6.07, 6.45) is 6.94. The number of halogens is 3. The Morgan fingerprint density at radius 2 is 1.67 bits per heavy atom. The molecule has 1 nitrogen and oxygen atoms in total. The first-order valence-electron chi connectivity index (χ1n) is 11.1. The van der Waals surface area contributed by atoms with E-state index in [1.54, 1.807) is 6.07 Å². The minimum Gasteiger partial charge on any atom is -0.406 e. The molecule has 0 aromatic heterocycles. The minimum atomic E-state index is -4.65. The lowest BCUT2D eigenvalue weighted by molar-refractivity contribution is -0.274. The second-order valence-corrected chi connectivity index (χ2v) is 8.71. The minimum absolute atomic E-state index is 0.142. The quantitative estimate of drug-likeness (QED) is 0.480. The number of fused-ring (bicyclic) bond motifs is 1. The zero-order valence-corrected chi connectivity index (χ0v) is 17.5. The van der Waals surface area contributed by atoms with E-state index in [4.69, 9.17) is 0 Å². The molecule has 0 bridgehead atoms. The van der Waals surface area contributed by atoms with Crippen molar-refractivity contribution in [1.29, 1.82) is 0 Å². The van der Waals surface area contributed by atoms with E-state index in [-0.39, 0.29) is 5.75 Å². The Bertz CT molecular complexity index is 887. The molecule has 0 atom stereocenters. The molecule has 2 aliphatic rings. The lowest BCUT2D eigenvalue weighted by Crippen LogP contribution is -2.17. The van der Waals surface area contributed by atoms with Crippen LogP contribution in [0.5, 0.6) is 5.75 Å². The van der Waals surface area contributed by atoms with Crippen LogP contribution in [0.25, 0.3) is 11.6 Å². The molecule has 0 radical (unpaired) electrons. The third-order valence-corrected chi connectivity index (χ3v) is 6.64. The molecule has 0 spiro atoms. The van der Waals surface area contributed by atoms with E-state index >= 15 is 0 Å². The summed E-state index contributed by atoms with van der Waals surface area (Å²) in [5, 5.41) is 0. The Labute approximate surface area is 177 Å². The number of aryl methyl sites for hydroxylation is 1. The van der Waals surface area contributed by atoms with Gasteiger partial charge in [-0.15, -0.1) is 13.2 Å². The molecule has 0 heterocycles.